The first-order chi connectivity index (χ1) is 6.36. The monoisotopic (exact) mass is 180 g/mol. The molecule has 0 amide bonds. The lowest BCUT2D eigenvalue weighted by atomic mass is 9.82. The molecule has 74 valence electrons. The van der Waals surface area contributed by atoms with Crippen LogP contribution in [0.3, 0.4) is 0 Å². The maximum Gasteiger partial charge on any atom is 0.123 e. The summed E-state index contributed by atoms with van der Waals surface area (Å²) in [6.07, 6.45) is 12.8. The van der Waals surface area contributed by atoms with E-state index >= 15 is 0 Å². The molecule has 1 aliphatic carbocycles. The molecule has 0 atom stereocenters. The summed E-state index contributed by atoms with van der Waals surface area (Å²) >= 11 is 0. The van der Waals surface area contributed by atoms with Crippen molar-refractivity contribution in [3.05, 3.63) is 12.2 Å². The predicted octanol–water partition coefficient (Wildman–Crippen LogP) is 3.35. The largest absolute Gasteiger partial charge is 0.303 e. The number of hydrogen-bond acceptors (Lipinski definition) is 1. The van der Waals surface area contributed by atoms with Crippen molar-refractivity contribution in [3.63, 3.8) is 0 Å². The topological polar surface area (TPSA) is 17.1 Å². The van der Waals surface area contributed by atoms with Crippen LogP contribution < -0.4 is 0 Å². The van der Waals surface area contributed by atoms with Gasteiger partial charge in [-0.3, -0.25) is 0 Å². The summed E-state index contributed by atoms with van der Waals surface area (Å²) < 4.78 is 0. The molecule has 0 radical (unpaired) electrons. The minimum atomic E-state index is 0.357. The SMILES string of the molecule is CCC/C=C/C1CCC(C=O)CC1. The number of hydrogen-bond donors (Lipinski definition) is 0. The third kappa shape index (κ3) is 3.75. The van der Waals surface area contributed by atoms with Gasteiger partial charge in [0.05, 0.1) is 0 Å². The minimum absolute atomic E-state index is 0.357. The van der Waals surface area contributed by atoms with Crippen molar-refractivity contribution < 1.29 is 4.79 Å². The quantitative estimate of drug-likeness (QED) is 0.479. The fraction of sp³-hybridized carbons (Fsp3) is 0.750. The van der Waals surface area contributed by atoms with Crippen LogP contribution in [-0.4, -0.2) is 6.29 Å². The van der Waals surface area contributed by atoms with Crippen LogP contribution >= 0.6 is 0 Å². The molecular formula is C12H20O. The molecule has 1 saturated carbocycles. The number of rotatable bonds is 4. The molecule has 1 aliphatic rings. The normalized spacial score (nSPS) is 29.3. The Labute approximate surface area is 81.2 Å². The van der Waals surface area contributed by atoms with Crippen LogP contribution in [0.1, 0.15) is 45.4 Å². The standard InChI is InChI=1S/C12H20O/c1-2-3-4-5-11-6-8-12(10-13)9-7-11/h4-5,10-12H,2-3,6-9H2,1H3/b5-4+. The van der Waals surface area contributed by atoms with Crippen molar-refractivity contribution in [3.8, 4) is 0 Å². The molecule has 0 bridgehead atoms. The Morgan fingerprint density at radius 3 is 2.31 bits per heavy atom. The first-order valence-electron chi connectivity index (χ1n) is 5.48. The Bertz CT molecular complexity index is 164. The molecule has 0 saturated heterocycles. The van der Waals surface area contributed by atoms with Gasteiger partial charge < -0.3 is 4.79 Å². The second-order valence-electron chi connectivity index (χ2n) is 4.03. The fourth-order valence-electron chi connectivity index (χ4n) is 1.93. The number of aldehydes is 1. The van der Waals surface area contributed by atoms with Crippen LogP contribution in [0.25, 0.3) is 0 Å². The van der Waals surface area contributed by atoms with Crippen molar-refractivity contribution in [2.24, 2.45) is 11.8 Å². The summed E-state index contributed by atoms with van der Waals surface area (Å²) in [6, 6.07) is 0. The highest BCUT2D eigenvalue weighted by molar-refractivity contribution is 5.53. The Morgan fingerprint density at radius 1 is 1.15 bits per heavy atom. The van der Waals surface area contributed by atoms with E-state index in [1.165, 1.54) is 25.7 Å². The van der Waals surface area contributed by atoms with E-state index in [-0.39, 0.29) is 0 Å². The van der Waals surface area contributed by atoms with Crippen LogP contribution in [0.2, 0.25) is 0 Å². The predicted molar refractivity (Wildman–Crippen MR) is 55.6 cm³/mol. The lowest BCUT2D eigenvalue weighted by Gasteiger charge is -2.22. The van der Waals surface area contributed by atoms with Gasteiger partial charge in [-0.05, 0) is 38.0 Å². The highest BCUT2D eigenvalue weighted by Gasteiger charge is 2.18. The zero-order valence-electron chi connectivity index (χ0n) is 8.54. The zero-order chi connectivity index (χ0) is 9.52. The van der Waals surface area contributed by atoms with E-state index in [0.717, 1.165) is 25.0 Å². The Morgan fingerprint density at radius 2 is 1.77 bits per heavy atom. The third-order valence-electron chi connectivity index (χ3n) is 2.87. The van der Waals surface area contributed by atoms with Crippen LogP contribution in [0.4, 0.5) is 0 Å². The van der Waals surface area contributed by atoms with Gasteiger partial charge in [-0.25, -0.2) is 0 Å². The number of carbonyl (C=O) groups is 1. The minimum Gasteiger partial charge on any atom is -0.303 e. The third-order valence-corrected chi connectivity index (χ3v) is 2.87. The lowest BCUT2D eigenvalue weighted by molar-refractivity contribution is -0.112. The summed E-state index contributed by atoms with van der Waals surface area (Å²) in [5.41, 5.74) is 0. The van der Waals surface area contributed by atoms with E-state index in [1.807, 2.05) is 0 Å². The molecule has 1 heteroatoms. The van der Waals surface area contributed by atoms with Gasteiger partial charge in [0.25, 0.3) is 0 Å². The zero-order valence-corrected chi connectivity index (χ0v) is 8.54. The molecule has 0 unspecified atom stereocenters. The first kappa shape index (κ1) is 10.5. The van der Waals surface area contributed by atoms with Crippen LogP contribution in [0.5, 0.6) is 0 Å². The molecule has 0 aromatic carbocycles. The summed E-state index contributed by atoms with van der Waals surface area (Å²) in [7, 11) is 0. The van der Waals surface area contributed by atoms with Crippen molar-refractivity contribution in [2.45, 2.75) is 45.4 Å². The molecule has 0 heterocycles. The smallest absolute Gasteiger partial charge is 0.123 e. The van der Waals surface area contributed by atoms with Crippen molar-refractivity contribution in [2.75, 3.05) is 0 Å². The summed E-state index contributed by atoms with van der Waals surface area (Å²) in [6.45, 7) is 2.20. The van der Waals surface area contributed by atoms with Crippen molar-refractivity contribution in [1.29, 1.82) is 0 Å². The van der Waals surface area contributed by atoms with Gasteiger partial charge in [0.2, 0.25) is 0 Å². The Balaban J connectivity index is 2.20. The molecule has 0 N–H and O–H groups in total. The van der Waals surface area contributed by atoms with Crippen molar-refractivity contribution in [1.82, 2.24) is 0 Å². The highest BCUT2D eigenvalue weighted by Crippen LogP contribution is 2.28. The van der Waals surface area contributed by atoms with Gasteiger partial charge in [0.1, 0.15) is 6.29 Å². The molecular weight excluding hydrogens is 160 g/mol. The number of allylic oxidation sites excluding steroid dienone is 2. The molecule has 0 spiro atoms. The van der Waals surface area contributed by atoms with E-state index in [4.69, 9.17) is 0 Å². The van der Waals surface area contributed by atoms with Gasteiger partial charge in [-0.15, -0.1) is 0 Å². The summed E-state index contributed by atoms with van der Waals surface area (Å²) in [5.74, 6) is 1.11. The van der Waals surface area contributed by atoms with E-state index < -0.39 is 0 Å². The first-order valence-corrected chi connectivity index (χ1v) is 5.48. The second kappa shape index (κ2) is 5.95. The average Bonchev–Trinajstić information content (AvgIpc) is 2.19. The lowest BCUT2D eigenvalue weighted by Crippen LogP contribution is -2.13. The van der Waals surface area contributed by atoms with Gasteiger partial charge in [-0.1, -0.05) is 25.5 Å². The van der Waals surface area contributed by atoms with Crippen molar-refractivity contribution >= 4 is 6.29 Å². The van der Waals surface area contributed by atoms with Gasteiger partial charge in [0, 0.05) is 5.92 Å². The molecule has 0 aliphatic heterocycles. The summed E-state index contributed by atoms with van der Waals surface area (Å²) in [5, 5.41) is 0. The molecule has 0 aromatic heterocycles. The summed E-state index contributed by atoms with van der Waals surface area (Å²) in [4.78, 5) is 10.5. The fourth-order valence-corrected chi connectivity index (χ4v) is 1.93. The van der Waals surface area contributed by atoms with E-state index in [2.05, 4.69) is 19.1 Å². The Hall–Kier alpha value is -0.590. The highest BCUT2D eigenvalue weighted by atomic mass is 16.1. The number of carbonyl (C=O) groups excluding carboxylic acids is 1. The second-order valence-corrected chi connectivity index (χ2v) is 4.03. The van der Waals surface area contributed by atoms with Crippen LogP contribution in [-0.2, 0) is 4.79 Å². The Kier molecular flexibility index (Phi) is 4.81. The number of unbranched alkanes of at least 4 members (excludes halogenated alkanes) is 1. The van der Waals surface area contributed by atoms with Gasteiger partial charge in [-0.2, -0.15) is 0 Å². The van der Waals surface area contributed by atoms with Gasteiger partial charge in [0.15, 0.2) is 0 Å². The van der Waals surface area contributed by atoms with E-state index in [0.29, 0.717) is 5.92 Å². The van der Waals surface area contributed by atoms with Crippen LogP contribution in [0.15, 0.2) is 12.2 Å². The average molecular weight is 180 g/mol. The molecule has 1 nitrogen and oxygen atoms in total. The van der Waals surface area contributed by atoms with Crippen LogP contribution in [0, 0.1) is 11.8 Å². The molecule has 1 rings (SSSR count). The maximum atomic E-state index is 10.5. The van der Waals surface area contributed by atoms with Gasteiger partial charge >= 0.3 is 0 Å². The van der Waals surface area contributed by atoms with E-state index in [1.54, 1.807) is 0 Å². The molecule has 0 aromatic rings. The molecule has 13 heavy (non-hydrogen) atoms. The van der Waals surface area contributed by atoms with E-state index in [9.17, 15) is 4.79 Å². The molecule has 1 fully saturated rings. The maximum absolute atomic E-state index is 10.5.